The van der Waals surface area contributed by atoms with Gasteiger partial charge in [-0.2, -0.15) is 5.06 Å². The summed E-state index contributed by atoms with van der Waals surface area (Å²) in [4.78, 5) is 29.6. The van der Waals surface area contributed by atoms with Gasteiger partial charge < -0.3 is 19.9 Å². The maximum absolute atomic E-state index is 12.3. The number of nitrogens with one attached hydrogen (secondary N) is 1. The molecule has 27 heavy (non-hydrogen) atoms. The number of aliphatic hydroxyl groups excluding tert-OH is 1. The second kappa shape index (κ2) is 9.38. The number of alkyl carbamates (subject to hydrolysis) is 1. The van der Waals surface area contributed by atoms with Crippen molar-refractivity contribution in [3.8, 4) is 0 Å². The molecule has 8 nitrogen and oxygen atoms in total. The van der Waals surface area contributed by atoms with Gasteiger partial charge in [-0.15, -0.1) is 0 Å². The summed E-state index contributed by atoms with van der Waals surface area (Å²) in [5.41, 5.74) is 0.227. The second-order valence-corrected chi connectivity index (χ2v) is 7.03. The van der Waals surface area contributed by atoms with Gasteiger partial charge in [0.05, 0.1) is 13.2 Å². The Morgan fingerprint density at radius 1 is 1.22 bits per heavy atom. The van der Waals surface area contributed by atoms with E-state index < -0.39 is 29.9 Å². The van der Waals surface area contributed by atoms with Gasteiger partial charge >= 0.3 is 12.2 Å². The Morgan fingerprint density at radius 2 is 1.93 bits per heavy atom. The molecule has 1 aliphatic heterocycles. The summed E-state index contributed by atoms with van der Waals surface area (Å²) in [5.74, 6) is 0. The van der Waals surface area contributed by atoms with Crippen LogP contribution in [0.5, 0.6) is 0 Å². The predicted molar refractivity (Wildman–Crippen MR) is 97.6 cm³/mol. The lowest BCUT2D eigenvalue weighted by molar-refractivity contribution is -0.187. The Balaban J connectivity index is 1.88. The van der Waals surface area contributed by atoms with E-state index in [0.29, 0.717) is 0 Å². The van der Waals surface area contributed by atoms with Crippen LogP contribution in [0.25, 0.3) is 0 Å². The van der Waals surface area contributed by atoms with Crippen molar-refractivity contribution in [1.82, 2.24) is 10.4 Å². The first-order chi connectivity index (χ1) is 12.8. The van der Waals surface area contributed by atoms with Crippen molar-refractivity contribution in [2.45, 2.75) is 45.1 Å². The third kappa shape index (κ3) is 6.92. The first-order valence-electron chi connectivity index (χ1n) is 8.71. The van der Waals surface area contributed by atoms with Crippen molar-refractivity contribution >= 4 is 12.2 Å². The zero-order chi connectivity index (χ0) is 19.9. The zero-order valence-electron chi connectivity index (χ0n) is 15.8. The fraction of sp³-hybridized carbons (Fsp3) is 0.474. The molecule has 2 N–H and O–H groups in total. The number of amides is 2. The number of hydrogen-bond donors (Lipinski definition) is 2. The molecule has 0 fully saturated rings. The molecule has 0 unspecified atom stereocenters. The maximum atomic E-state index is 12.3. The minimum Gasteiger partial charge on any atom is -0.444 e. The molecule has 0 spiro atoms. The van der Waals surface area contributed by atoms with Gasteiger partial charge in [-0.05, 0) is 26.3 Å². The van der Waals surface area contributed by atoms with E-state index in [1.165, 1.54) is 0 Å². The van der Waals surface area contributed by atoms with Gasteiger partial charge in [0.25, 0.3) is 0 Å². The van der Waals surface area contributed by atoms with E-state index in [2.05, 4.69) is 5.32 Å². The molecular formula is C19H26N2O6. The number of hydroxylamine groups is 2. The average molecular weight is 378 g/mol. The van der Waals surface area contributed by atoms with E-state index in [4.69, 9.17) is 14.3 Å². The summed E-state index contributed by atoms with van der Waals surface area (Å²) in [6.45, 7) is 5.16. The summed E-state index contributed by atoms with van der Waals surface area (Å²) >= 11 is 0. The summed E-state index contributed by atoms with van der Waals surface area (Å²) in [7, 11) is 0. The lowest BCUT2D eigenvalue weighted by atomic mass is 10.2. The number of ether oxygens (including phenoxy) is 2. The quantitative estimate of drug-likeness (QED) is 0.764. The Morgan fingerprint density at radius 3 is 2.56 bits per heavy atom. The molecule has 1 heterocycles. The van der Waals surface area contributed by atoms with E-state index in [1.54, 1.807) is 32.9 Å². The molecule has 0 aliphatic carbocycles. The minimum atomic E-state index is -0.718. The molecule has 1 aliphatic rings. The molecule has 0 saturated carbocycles. The van der Waals surface area contributed by atoms with Crippen molar-refractivity contribution in [1.29, 1.82) is 0 Å². The predicted octanol–water partition coefficient (Wildman–Crippen LogP) is 2.38. The molecular weight excluding hydrogens is 352 g/mol. The van der Waals surface area contributed by atoms with Crippen molar-refractivity contribution in [2.24, 2.45) is 0 Å². The second-order valence-electron chi connectivity index (χ2n) is 7.03. The summed E-state index contributed by atoms with van der Waals surface area (Å²) in [5, 5.41) is 13.0. The van der Waals surface area contributed by atoms with Crippen molar-refractivity contribution in [2.75, 3.05) is 13.2 Å². The van der Waals surface area contributed by atoms with Crippen molar-refractivity contribution < 1.29 is 29.0 Å². The fourth-order valence-electron chi connectivity index (χ4n) is 2.29. The highest BCUT2D eigenvalue weighted by Crippen LogP contribution is 2.16. The Kier molecular flexibility index (Phi) is 7.20. The van der Waals surface area contributed by atoms with Gasteiger partial charge in [0.1, 0.15) is 24.4 Å². The first kappa shape index (κ1) is 20.7. The van der Waals surface area contributed by atoms with Crippen LogP contribution < -0.4 is 5.32 Å². The number of hydrogen-bond acceptors (Lipinski definition) is 6. The van der Waals surface area contributed by atoms with Crippen LogP contribution >= 0.6 is 0 Å². The zero-order valence-corrected chi connectivity index (χ0v) is 15.8. The van der Waals surface area contributed by atoms with E-state index >= 15 is 0 Å². The Labute approximate surface area is 158 Å². The fourth-order valence-corrected chi connectivity index (χ4v) is 2.29. The third-order valence-corrected chi connectivity index (χ3v) is 3.52. The van der Waals surface area contributed by atoms with Crippen LogP contribution in [-0.4, -0.2) is 53.3 Å². The van der Waals surface area contributed by atoms with E-state index in [1.807, 2.05) is 30.3 Å². The van der Waals surface area contributed by atoms with Gasteiger partial charge in [-0.3, -0.25) is 4.84 Å². The molecule has 1 aromatic rings. The number of rotatable bonds is 5. The van der Waals surface area contributed by atoms with Crippen LogP contribution in [0.1, 0.15) is 26.3 Å². The first-order valence-corrected chi connectivity index (χ1v) is 8.71. The lowest BCUT2D eigenvalue weighted by Gasteiger charge is -2.33. The average Bonchev–Trinajstić information content (AvgIpc) is 2.63. The number of aliphatic hydroxyl groups is 1. The smallest absolute Gasteiger partial charge is 0.434 e. The van der Waals surface area contributed by atoms with Crippen LogP contribution in [-0.2, 0) is 20.9 Å². The molecule has 0 radical (unpaired) electrons. The standard InChI is InChI=1S/C19H26N2O6/c1-19(2,3)26-17(23)20-11-16-10-9-15(12-22)21(27-16)18(24)25-13-14-7-5-4-6-8-14/h4-10,15-16,22H,11-13H2,1-3H3,(H,20,23)/t15-,16+/m0/s1. The molecule has 8 heteroatoms. The molecule has 2 amide bonds. The van der Waals surface area contributed by atoms with Gasteiger partial charge in [0, 0.05) is 0 Å². The lowest BCUT2D eigenvalue weighted by Crippen LogP contribution is -2.49. The molecule has 2 rings (SSSR count). The minimum absolute atomic E-state index is 0.0855. The number of benzene rings is 1. The van der Waals surface area contributed by atoms with Crippen molar-refractivity contribution in [3.05, 3.63) is 48.0 Å². The van der Waals surface area contributed by atoms with Crippen LogP contribution in [0.3, 0.4) is 0 Å². The van der Waals surface area contributed by atoms with E-state index in [-0.39, 0.29) is 19.8 Å². The number of carbonyl (C=O) groups excluding carboxylic acids is 2. The third-order valence-electron chi connectivity index (χ3n) is 3.52. The highest BCUT2D eigenvalue weighted by atomic mass is 16.7. The summed E-state index contributed by atoms with van der Waals surface area (Å²) in [6.07, 6.45) is 1.41. The monoisotopic (exact) mass is 378 g/mol. The highest BCUT2D eigenvalue weighted by molar-refractivity contribution is 5.68. The van der Waals surface area contributed by atoms with Crippen LogP contribution in [0.15, 0.2) is 42.5 Å². The highest BCUT2D eigenvalue weighted by Gasteiger charge is 2.30. The molecule has 148 valence electrons. The maximum Gasteiger partial charge on any atom is 0.434 e. The van der Waals surface area contributed by atoms with Gasteiger partial charge in [0.2, 0.25) is 0 Å². The van der Waals surface area contributed by atoms with Gasteiger partial charge in [-0.1, -0.05) is 42.5 Å². The van der Waals surface area contributed by atoms with Gasteiger partial charge in [-0.25, -0.2) is 9.59 Å². The topological polar surface area (TPSA) is 97.3 Å². The largest absolute Gasteiger partial charge is 0.444 e. The molecule has 0 saturated heterocycles. The molecule has 2 atom stereocenters. The SMILES string of the molecule is CC(C)(C)OC(=O)NC[C@H]1C=C[C@@H](CO)N(C(=O)OCc2ccccc2)O1. The van der Waals surface area contributed by atoms with Crippen LogP contribution in [0.4, 0.5) is 9.59 Å². The number of nitrogens with zero attached hydrogens (tertiary/aromatic N) is 1. The summed E-state index contributed by atoms with van der Waals surface area (Å²) in [6, 6.07) is 8.57. The van der Waals surface area contributed by atoms with Crippen LogP contribution in [0.2, 0.25) is 0 Å². The van der Waals surface area contributed by atoms with Crippen LogP contribution in [0, 0.1) is 0 Å². The Bertz CT molecular complexity index is 656. The van der Waals surface area contributed by atoms with E-state index in [0.717, 1.165) is 10.6 Å². The summed E-state index contributed by atoms with van der Waals surface area (Å²) < 4.78 is 10.4. The Hall–Kier alpha value is -2.58. The normalized spacial score (nSPS) is 19.5. The molecule has 0 aromatic heterocycles. The van der Waals surface area contributed by atoms with Crippen molar-refractivity contribution in [3.63, 3.8) is 0 Å². The van der Waals surface area contributed by atoms with E-state index in [9.17, 15) is 14.7 Å². The molecule has 1 aromatic carbocycles. The molecule has 0 bridgehead atoms. The number of carbonyl (C=O) groups is 2. The van der Waals surface area contributed by atoms with Gasteiger partial charge in [0.15, 0.2) is 0 Å².